The molecule has 2 unspecified atom stereocenters. The van der Waals surface area contributed by atoms with E-state index < -0.39 is 0 Å². The minimum absolute atomic E-state index is 0.0635. The van der Waals surface area contributed by atoms with Gasteiger partial charge in [0.1, 0.15) is 11.4 Å². The molecule has 3 aromatic heterocycles. The molecule has 1 saturated heterocycles. The highest BCUT2D eigenvalue weighted by Crippen LogP contribution is 2.36. The maximum Gasteiger partial charge on any atom is 0.263 e. The van der Waals surface area contributed by atoms with Gasteiger partial charge >= 0.3 is 0 Å². The molecule has 2 fully saturated rings. The monoisotopic (exact) mass is 427 g/mol. The molecule has 29 heavy (non-hydrogen) atoms. The van der Waals surface area contributed by atoms with E-state index in [4.69, 9.17) is 0 Å². The summed E-state index contributed by atoms with van der Waals surface area (Å²) in [6, 6.07) is 4.49. The Morgan fingerprint density at radius 3 is 2.86 bits per heavy atom. The van der Waals surface area contributed by atoms with Crippen molar-refractivity contribution < 1.29 is 4.79 Å². The Hall–Kier alpha value is -1.99. The van der Waals surface area contributed by atoms with Gasteiger partial charge in [-0.3, -0.25) is 14.2 Å². The molecule has 0 radical (unpaired) electrons. The van der Waals surface area contributed by atoms with Gasteiger partial charge in [0.25, 0.3) is 5.56 Å². The number of carbonyl (C=O) groups is 1. The largest absolute Gasteiger partial charge is 0.338 e. The van der Waals surface area contributed by atoms with Crippen molar-refractivity contribution in [2.24, 2.45) is 5.92 Å². The van der Waals surface area contributed by atoms with Gasteiger partial charge in [-0.1, -0.05) is 12.8 Å². The number of nitrogens with zero attached hydrogens (tertiary/aromatic N) is 3. The first-order chi connectivity index (χ1) is 14.1. The fourth-order valence-corrected chi connectivity index (χ4v) is 6.87. The van der Waals surface area contributed by atoms with Crippen LogP contribution in [0.1, 0.15) is 43.4 Å². The fraction of sp³-hybridized carbons (Fsp3) is 0.500. The van der Waals surface area contributed by atoms with E-state index in [0.29, 0.717) is 17.3 Å². The highest BCUT2D eigenvalue weighted by Gasteiger charge is 2.35. The molecule has 5 nitrogen and oxygen atoms in total. The Kier molecular flexibility index (Phi) is 5.04. The number of rotatable bonds is 3. The van der Waals surface area contributed by atoms with Crippen LogP contribution < -0.4 is 5.56 Å². The zero-order valence-electron chi connectivity index (χ0n) is 16.6. The van der Waals surface area contributed by atoms with E-state index in [9.17, 15) is 9.59 Å². The van der Waals surface area contributed by atoms with Crippen LogP contribution in [0.3, 0.4) is 0 Å². The van der Waals surface area contributed by atoms with Crippen LogP contribution >= 0.6 is 22.7 Å². The molecule has 0 spiro atoms. The third kappa shape index (κ3) is 3.44. The molecule has 5 rings (SSSR count). The number of amides is 1. The number of fused-ring (bicyclic) bond motifs is 2. The van der Waals surface area contributed by atoms with Crippen LogP contribution in [0.2, 0.25) is 0 Å². The molecule has 4 heterocycles. The molecule has 0 aromatic carbocycles. The number of piperidine rings is 1. The van der Waals surface area contributed by atoms with Crippen LogP contribution in [-0.2, 0) is 11.3 Å². The number of hydrogen-bond acceptors (Lipinski definition) is 5. The smallest absolute Gasteiger partial charge is 0.263 e. The number of likely N-dealkylation sites (tertiary alicyclic amines) is 1. The normalized spacial score (nSPS) is 22.0. The van der Waals surface area contributed by atoms with Crippen molar-refractivity contribution in [3.8, 4) is 10.4 Å². The number of carbonyl (C=O) groups excluding carboxylic acids is 1. The fourth-order valence-electron chi connectivity index (χ4n) is 5.01. The molecular formula is C22H25N3O2S2. The van der Waals surface area contributed by atoms with Crippen LogP contribution in [0.15, 0.2) is 28.6 Å². The van der Waals surface area contributed by atoms with Crippen LogP contribution in [0.25, 0.3) is 20.7 Å². The molecule has 0 N–H and O–H groups in total. The van der Waals surface area contributed by atoms with E-state index in [1.54, 1.807) is 17.7 Å². The second kappa shape index (κ2) is 7.69. The summed E-state index contributed by atoms with van der Waals surface area (Å²) in [5.74, 6) is 0.706. The van der Waals surface area contributed by atoms with Gasteiger partial charge in [-0.15, -0.1) is 22.7 Å². The summed E-state index contributed by atoms with van der Waals surface area (Å²) in [7, 11) is 0. The van der Waals surface area contributed by atoms with Crippen LogP contribution in [0.4, 0.5) is 0 Å². The van der Waals surface area contributed by atoms with Gasteiger partial charge in [0.15, 0.2) is 0 Å². The van der Waals surface area contributed by atoms with Crippen LogP contribution in [0.5, 0.6) is 0 Å². The van der Waals surface area contributed by atoms with Crippen molar-refractivity contribution in [1.82, 2.24) is 14.5 Å². The molecule has 7 heteroatoms. The van der Waals surface area contributed by atoms with E-state index in [-0.39, 0.29) is 18.0 Å². The van der Waals surface area contributed by atoms with Crippen molar-refractivity contribution >= 4 is 38.8 Å². The maximum atomic E-state index is 13.3. The zero-order chi connectivity index (χ0) is 20.0. The summed E-state index contributed by atoms with van der Waals surface area (Å²) >= 11 is 3.17. The first-order valence-corrected chi connectivity index (χ1v) is 12.1. The Morgan fingerprint density at radius 2 is 2.03 bits per heavy atom. The molecule has 1 aliphatic heterocycles. The highest BCUT2D eigenvalue weighted by atomic mass is 32.1. The summed E-state index contributed by atoms with van der Waals surface area (Å²) in [5, 5.41) is 2.65. The van der Waals surface area contributed by atoms with Gasteiger partial charge in [-0.05, 0) is 50.7 Å². The van der Waals surface area contributed by atoms with Crippen molar-refractivity contribution in [2.75, 3.05) is 6.54 Å². The van der Waals surface area contributed by atoms with Crippen molar-refractivity contribution in [3.63, 3.8) is 0 Å². The highest BCUT2D eigenvalue weighted by molar-refractivity contribution is 7.19. The molecule has 1 aliphatic carbocycles. The minimum Gasteiger partial charge on any atom is -0.338 e. The predicted molar refractivity (Wildman–Crippen MR) is 119 cm³/mol. The summed E-state index contributed by atoms with van der Waals surface area (Å²) in [4.78, 5) is 36.0. The molecule has 2 atom stereocenters. The standard InChI is InChI=1S/C22H25N3O2S2/c1-14-8-9-18(29-14)16-12-28-21-20(16)22(27)24(13-23-21)11-19(26)25-10-4-6-15-5-2-3-7-17(15)25/h8-9,12-13,15,17H,2-7,10-11H2,1H3. The van der Waals surface area contributed by atoms with Gasteiger partial charge in [-0.25, -0.2) is 4.98 Å². The third-order valence-corrected chi connectivity index (χ3v) is 8.36. The van der Waals surface area contributed by atoms with E-state index in [0.717, 1.165) is 34.7 Å². The van der Waals surface area contributed by atoms with E-state index in [2.05, 4.69) is 28.9 Å². The Labute approximate surface area is 178 Å². The number of aromatic nitrogens is 2. The Morgan fingerprint density at radius 1 is 1.21 bits per heavy atom. The molecule has 1 saturated carbocycles. The van der Waals surface area contributed by atoms with Crippen molar-refractivity contribution in [2.45, 2.75) is 58.0 Å². The van der Waals surface area contributed by atoms with Gasteiger partial charge in [-0.2, -0.15) is 0 Å². The van der Waals surface area contributed by atoms with Crippen molar-refractivity contribution in [3.05, 3.63) is 39.1 Å². The first-order valence-electron chi connectivity index (χ1n) is 10.4. The van der Waals surface area contributed by atoms with Gasteiger partial charge in [0.2, 0.25) is 5.91 Å². The second-order valence-corrected chi connectivity index (χ2v) is 10.4. The quantitative estimate of drug-likeness (QED) is 0.610. The lowest BCUT2D eigenvalue weighted by molar-refractivity contribution is -0.138. The zero-order valence-corrected chi connectivity index (χ0v) is 18.2. The summed E-state index contributed by atoms with van der Waals surface area (Å²) < 4.78 is 1.51. The van der Waals surface area contributed by atoms with E-state index in [1.807, 2.05) is 5.38 Å². The van der Waals surface area contributed by atoms with Gasteiger partial charge in [0.05, 0.1) is 11.7 Å². The SMILES string of the molecule is Cc1ccc(-c2csc3ncn(CC(=O)N4CCCC5CCCCC54)c(=O)c23)s1. The maximum absolute atomic E-state index is 13.3. The van der Waals surface area contributed by atoms with E-state index >= 15 is 0 Å². The molecule has 1 amide bonds. The number of aryl methyl sites for hydroxylation is 1. The average Bonchev–Trinajstić information content (AvgIpc) is 3.36. The third-order valence-electron chi connectivity index (χ3n) is 6.44. The van der Waals surface area contributed by atoms with Gasteiger partial charge < -0.3 is 4.90 Å². The Balaban J connectivity index is 1.45. The predicted octanol–water partition coefficient (Wildman–Crippen LogP) is 4.68. The summed E-state index contributed by atoms with van der Waals surface area (Å²) in [5.41, 5.74) is 0.829. The molecule has 152 valence electrons. The molecule has 3 aromatic rings. The average molecular weight is 428 g/mol. The molecule has 2 aliphatic rings. The summed E-state index contributed by atoms with van der Waals surface area (Å²) in [6.45, 7) is 2.97. The lowest BCUT2D eigenvalue weighted by atomic mass is 9.78. The molecular weight excluding hydrogens is 402 g/mol. The molecule has 0 bridgehead atoms. The lowest BCUT2D eigenvalue weighted by Gasteiger charge is -2.44. The second-order valence-electron chi connectivity index (χ2n) is 8.26. The van der Waals surface area contributed by atoms with Crippen LogP contribution in [-0.4, -0.2) is 32.9 Å². The van der Waals surface area contributed by atoms with Crippen LogP contribution in [0, 0.1) is 12.8 Å². The van der Waals surface area contributed by atoms with Crippen molar-refractivity contribution in [1.29, 1.82) is 0 Å². The Bertz CT molecular complexity index is 1110. The lowest BCUT2D eigenvalue weighted by Crippen LogP contribution is -2.51. The van der Waals surface area contributed by atoms with E-state index in [1.165, 1.54) is 46.5 Å². The van der Waals surface area contributed by atoms with Gasteiger partial charge in [0, 0.05) is 33.3 Å². The minimum atomic E-state index is -0.108. The first kappa shape index (κ1) is 19.0. The number of hydrogen-bond donors (Lipinski definition) is 0. The summed E-state index contributed by atoms with van der Waals surface area (Å²) in [6.07, 6.45) is 8.69. The topological polar surface area (TPSA) is 55.2 Å². The number of thiophene rings is 2.